The average molecular weight is 157 g/mol. The van der Waals surface area contributed by atoms with Gasteiger partial charge in [0.05, 0.1) is 0 Å². The molecule has 0 rings (SSSR count). The Morgan fingerprint density at radius 1 is 1.45 bits per heavy atom. The normalized spacial score (nSPS) is 10.5. The Morgan fingerprint density at radius 2 is 2.09 bits per heavy atom. The maximum atomic E-state index is 7.14. The van der Waals surface area contributed by atoms with E-state index in [-0.39, 0.29) is 0 Å². The van der Waals surface area contributed by atoms with Gasteiger partial charge in [-0.1, -0.05) is 0 Å². The van der Waals surface area contributed by atoms with E-state index in [0.717, 1.165) is 26.1 Å². The monoisotopic (exact) mass is 157 g/mol. The van der Waals surface area contributed by atoms with Gasteiger partial charge in [0.25, 0.3) is 0 Å². The third-order valence-corrected chi connectivity index (χ3v) is 1.35. The van der Waals surface area contributed by atoms with Crippen LogP contribution in [0.1, 0.15) is 13.3 Å². The Bertz CT molecular complexity index is 110. The molecule has 0 amide bonds. The van der Waals surface area contributed by atoms with Crippen molar-refractivity contribution in [1.82, 2.24) is 10.2 Å². The van der Waals surface area contributed by atoms with Crippen molar-refractivity contribution in [2.45, 2.75) is 13.3 Å². The van der Waals surface area contributed by atoms with Crippen molar-refractivity contribution in [1.29, 1.82) is 5.41 Å². The molecule has 0 aromatic carbocycles. The number of hydrogen-bond donors (Lipinski definition) is 2. The molecule has 0 bridgehead atoms. The first-order valence-electron chi connectivity index (χ1n) is 4.02. The molecule has 0 atom stereocenters. The lowest BCUT2D eigenvalue weighted by Gasteiger charge is -2.09. The van der Waals surface area contributed by atoms with E-state index in [1.807, 2.05) is 6.92 Å². The molecule has 0 heterocycles. The lowest BCUT2D eigenvalue weighted by molar-refractivity contribution is 0.396. The van der Waals surface area contributed by atoms with Crippen LogP contribution in [0.5, 0.6) is 0 Å². The van der Waals surface area contributed by atoms with Gasteiger partial charge in [0.2, 0.25) is 0 Å². The quantitative estimate of drug-likeness (QED) is 0.437. The van der Waals surface area contributed by atoms with Gasteiger partial charge in [0, 0.05) is 12.3 Å². The number of hydrogen-bond acceptors (Lipinski definition) is 3. The van der Waals surface area contributed by atoms with E-state index < -0.39 is 0 Å². The molecule has 0 unspecified atom stereocenters. The summed E-state index contributed by atoms with van der Waals surface area (Å²) >= 11 is 0. The van der Waals surface area contributed by atoms with Crippen LogP contribution in [-0.4, -0.2) is 44.3 Å². The fourth-order valence-corrected chi connectivity index (χ4v) is 0.796. The zero-order valence-corrected chi connectivity index (χ0v) is 7.78. The van der Waals surface area contributed by atoms with Crippen molar-refractivity contribution in [3.8, 4) is 0 Å². The summed E-state index contributed by atoms with van der Waals surface area (Å²) in [6, 6.07) is 0. The smallest absolute Gasteiger partial charge is 0.0329 e. The molecule has 0 aliphatic rings. The molecule has 0 radical (unpaired) electrons. The fourth-order valence-electron chi connectivity index (χ4n) is 0.796. The molecule has 0 spiro atoms. The Hall–Kier alpha value is -0.410. The molecule has 0 aliphatic heterocycles. The second kappa shape index (κ2) is 6.31. The van der Waals surface area contributed by atoms with Gasteiger partial charge >= 0.3 is 0 Å². The summed E-state index contributed by atoms with van der Waals surface area (Å²) < 4.78 is 0. The van der Waals surface area contributed by atoms with Crippen molar-refractivity contribution >= 4 is 5.71 Å². The Morgan fingerprint density at radius 3 is 2.55 bits per heavy atom. The van der Waals surface area contributed by atoms with E-state index in [9.17, 15) is 0 Å². The van der Waals surface area contributed by atoms with E-state index in [4.69, 9.17) is 5.41 Å². The zero-order valence-electron chi connectivity index (χ0n) is 7.78. The largest absolute Gasteiger partial charge is 0.311 e. The Balaban J connectivity index is 2.97. The van der Waals surface area contributed by atoms with Gasteiger partial charge in [-0.2, -0.15) is 0 Å². The summed E-state index contributed by atoms with van der Waals surface area (Å²) in [4.78, 5) is 2.17. The summed E-state index contributed by atoms with van der Waals surface area (Å²) in [7, 11) is 4.14. The minimum absolute atomic E-state index is 0.704. The lowest BCUT2D eigenvalue weighted by Crippen LogP contribution is -2.24. The number of nitrogens with one attached hydrogen (secondary N) is 2. The minimum atomic E-state index is 0.704. The molecule has 0 aromatic rings. The highest BCUT2D eigenvalue weighted by Gasteiger charge is 1.90. The molecule has 0 fully saturated rings. The van der Waals surface area contributed by atoms with Gasteiger partial charge in [-0.25, -0.2) is 0 Å². The van der Waals surface area contributed by atoms with E-state index in [2.05, 4.69) is 24.3 Å². The Labute approximate surface area is 69.3 Å². The molecular weight excluding hydrogens is 138 g/mol. The summed E-state index contributed by atoms with van der Waals surface area (Å²) in [6.07, 6.45) is 1.15. The topological polar surface area (TPSA) is 39.1 Å². The van der Waals surface area contributed by atoms with Gasteiger partial charge in [-0.3, -0.25) is 0 Å². The third-order valence-electron chi connectivity index (χ3n) is 1.35. The van der Waals surface area contributed by atoms with Gasteiger partial charge in [0.15, 0.2) is 0 Å². The van der Waals surface area contributed by atoms with Gasteiger partial charge in [-0.05, 0) is 40.5 Å². The second-order valence-corrected chi connectivity index (χ2v) is 3.11. The van der Waals surface area contributed by atoms with Gasteiger partial charge in [-0.15, -0.1) is 0 Å². The van der Waals surface area contributed by atoms with Crippen molar-refractivity contribution in [2.75, 3.05) is 33.7 Å². The van der Waals surface area contributed by atoms with Crippen LogP contribution in [0.3, 0.4) is 0 Å². The Kier molecular flexibility index (Phi) is 6.07. The highest BCUT2D eigenvalue weighted by molar-refractivity contribution is 5.80. The predicted octanol–water partition coefficient (Wildman–Crippen LogP) is 0.567. The molecule has 3 nitrogen and oxygen atoms in total. The van der Waals surface area contributed by atoms with E-state index in [0.29, 0.717) is 5.71 Å². The summed E-state index contributed by atoms with van der Waals surface area (Å²) in [6.45, 7) is 4.67. The summed E-state index contributed by atoms with van der Waals surface area (Å²) in [5.74, 6) is 0. The van der Waals surface area contributed by atoms with Crippen LogP contribution in [-0.2, 0) is 0 Å². The third kappa shape index (κ3) is 9.59. The van der Waals surface area contributed by atoms with Crippen LogP contribution >= 0.6 is 0 Å². The first-order valence-corrected chi connectivity index (χ1v) is 4.02. The molecular formula is C8H19N3. The van der Waals surface area contributed by atoms with Crippen molar-refractivity contribution in [3.63, 3.8) is 0 Å². The molecule has 2 N–H and O–H groups in total. The highest BCUT2D eigenvalue weighted by Crippen LogP contribution is 1.80. The molecule has 0 saturated heterocycles. The summed E-state index contributed by atoms with van der Waals surface area (Å²) in [5, 5.41) is 10.3. The lowest BCUT2D eigenvalue weighted by atomic mass is 10.3. The first kappa shape index (κ1) is 10.6. The van der Waals surface area contributed by atoms with Crippen LogP contribution < -0.4 is 5.32 Å². The average Bonchev–Trinajstić information content (AvgIpc) is 1.85. The number of nitrogens with zero attached hydrogens (tertiary/aromatic N) is 1. The van der Waals surface area contributed by atoms with Crippen molar-refractivity contribution < 1.29 is 0 Å². The van der Waals surface area contributed by atoms with Crippen LogP contribution in [0.25, 0.3) is 0 Å². The minimum Gasteiger partial charge on any atom is -0.311 e. The zero-order chi connectivity index (χ0) is 8.69. The van der Waals surface area contributed by atoms with Crippen LogP contribution in [0.4, 0.5) is 0 Å². The first-order chi connectivity index (χ1) is 5.13. The van der Waals surface area contributed by atoms with Crippen molar-refractivity contribution in [2.24, 2.45) is 0 Å². The number of rotatable bonds is 6. The molecule has 0 aromatic heterocycles. The van der Waals surface area contributed by atoms with Crippen LogP contribution in [0.2, 0.25) is 0 Å². The maximum Gasteiger partial charge on any atom is 0.0329 e. The molecule has 0 aliphatic carbocycles. The van der Waals surface area contributed by atoms with E-state index >= 15 is 0 Å². The van der Waals surface area contributed by atoms with E-state index in [1.54, 1.807) is 0 Å². The molecule has 11 heavy (non-hydrogen) atoms. The van der Waals surface area contributed by atoms with Crippen LogP contribution in [0.15, 0.2) is 0 Å². The highest BCUT2D eigenvalue weighted by atomic mass is 15.1. The maximum absolute atomic E-state index is 7.14. The van der Waals surface area contributed by atoms with Gasteiger partial charge < -0.3 is 15.6 Å². The fraction of sp³-hybridized carbons (Fsp3) is 0.875. The standard InChI is InChI=1S/C8H19N3/c1-8(9)7-10-5-4-6-11(2)3/h9-10H,4-7H2,1-3H3. The molecule has 66 valence electrons. The second-order valence-electron chi connectivity index (χ2n) is 3.11. The van der Waals surface area contributed by atoms with Crippen LogP contribution in [0, 0.1) is 5.41 Å². The summed E-state index contributed by atoms with van der Waals surface area (Å²) in [5.41, 5.74) is 0.704. The van der Waals surface area contributed by atoms with Gasteiger partial charge in [0.1, 0.15) is 0 Å². The molecule has 3 heteroatoms. The van der Waals surface area contributed by atoms with E-state index in [1.165, 1.54) is 0 Å². The predicted molar refractivity (Wildman–Crippen MR) is 49.4 cm³/mol. The molecule has 0 saturated carbocycles. The SMILES string of the molecule is CC(=N)CNCCCN(C)C. The van der Waals surface area contributed by atoms with Crippen molar-refractivity contribution in [3.05, 3.63) is 0 Å².